The summed E-state index contributed by atoms with van der Waals surface area (Å²) in [5.74, 6) is 3.87. The lowest BCUT2D eigenvalue weighted by atomic mass is 10.2. The Bertz CT molecular complexity index is 804. The Balaban J connectivity index is 1.52. The molecule has 23 heavy (non-hydrogen) atoms. The first-order valence-corrected chi connectivity index (χ1v) is 9.14. The molecule has 4 rings (SSSR count). The second-order valence-electron chi connectivity index (χ2n) is 5.89. The monoisotopic (exact) mass is 328 g/mol. The van der Waals surface area contributed by atoms with Crippen molar-refractivity contribution in [2.75, 3.05) is 31.1 Å². The van der Waals surface area contributed by atoms with Crippen LogP contribution in [0.2, 0.25) is 0 Å². The maximum atomic E-state index is 5.47. The molecule has 3 aromatic rings. The van der Waals surface area contributed by atoms with Crippen LogP contribution in [0, 0.1) is 0 Å². The summed E-state index contributed by atoms with van der Waals surface area (Å²) in [5, 5.41) is 5.35. The molecule has 0 saturated carbocycles. The van der Waals surface area contributed by atoms with E-state index in [1.54, 1.807) is 0 Å². The van der Waals surface area contributed by atoms with E-state index in [0.717, 1.165) is 42.9 Å². The van der Waals surface area contributed by atoms with E-state index >= 15 is 0 Å². The van der Waals surface area contributed by atoms with Gasteiger partial charge in [-0.1, -0.05) is 23.4 Å². The summed E-state index contributed by atoms with van der Waals surface area (Å²) in [6.07, 6.45) is 2.89. The lowest BCUT2D eigenvalue weighted by Crippen LogP contribution is -2.34. The normalized spacial score (nSPS) is 16.2. The average molecular weight is 328 g/mol. The number of aromatic nitrogens is 3. The number of para-hydroxylation sites is 1. The molecule has 0 N–H and O–H groups in total. The number of hydrogen-bond donors (Lipinski definition) is 0. The molecule has 1 aliphatic rings. The first-order chi connectivity index (χ1) is 11.3. The van der Waals surface area contributed by atoms with Gasteiger partial charge in [-0.05, 0) is 6.07 Å². The van der Waals surface area contributed by atoms with Crippen molar-refractivity contribution in [2.24, 2.45) is 7.05 Å². The average Bonchev–Trinajstić information content (AvgIpc) is 3.19. The molecule has 0 amide bonds. The molecule has 5 nitrogen and oxygen atoms in total. The van der Waals surface area contributed by atoms with Crippen molar-refractivity contribution in [2.45, 2.75) is 6.42 Å². The zero-order chi connectivity index (χ0) is 15.6. The van der Waals surface area contributed by atoms with Crippen LogP contribution < -0.4 is 0 Å². The van der Waals surface area contributed by atoms with Crippen molar-refractivity contribution in [3.63, 3.8) is 0 Å². The van der Waals surface area contributed by atoms with Gasteiger partial charge in [-0.25, -0.2) is 0 Å². The van der Waals surface area contributed by atoms with E-state index in [1.165, 1.54) is 17.0 Å². The van der Waals surface area contributed by atoms with E-state index in [4.69, 9.17) is 4.52 Å². The van der Waals surface area contributed by atoms with Crippen molar-refractivity contribution in [1.82, 2.24) is 19.6 Å². The number of fused-ring (bicyclic) bond motifs is 1. The largest absolute Gasteiger partial charge is 0.350 e. The van der Waals surface area contributed by atoms with Gasteiger partial charge in [0.15, 0.2) is 0 Å². The van der Waals surface area contributed by atoms with Crippen LogP contribution in [-0.4, -0.2) is 50.7 Å². The summed E-state index contributed by atoms with van der Waals surface area (Å²) >= 11 is 2.03. The van der Waals surface area contributed by atoms with Gasteiger partial charge in [-0.2, -0.15) is 16.7 Å². The minimum absolute atomic E-state index is 0.686. The van der Waals surface area contributed by atoms with Crippen LogP contribution in [0.5, 0.6) is 0 Å². The lowest BCUT2D eigenvalue weighted by Gasteiger charge is -2.25. The van der Waals surface area contributed by atoms with Gasteiger partial charge in [0.25, 0.3) is 0 Å². The minimum Gasteiger partial charge on any atom is -0.350 e. The summed E-state index contributed by atoms with van der Waals surface area (Å²) in [4.78, 5) is 7.08. The van der Waals surface area contributed by atoms with Gasteiger partial charge >= 0.3 is 0 Å². The number of benzene rings is 1. The van der Waals surface area contributed by atoms with Gasteiger partial charge in [0.05, 0.1) is 0 Å². The number of thioether (sulfide) groups is 1. The third-order valence-corrected chi connectivity index (χ3v) is 5.29. The molecule has 0 spiro atoms. The van der Waals surface area contributed by atoms with Crippen LogP contribution in [0.4, 0.5) is 0 Å². The molecule has 3 heterocycles. The van der Waals surface area contributed by atoms with E-state index in [1.807, 2.05) is 30.9 Å². The van der Waals surface area contributed by atoms with Gasteiger partial charge in [0, 0.05) is 67.3 Å². The summed E-state index contributed by atoms with van der Waals surface area (Å²) in [7, 11) is 2.04. The Labute approximate surface area is 139 Å². The van der Waals surface area contributed by atoms with Crippen molar-refractivity contribution in [3.8, 4) is 11.4 Å². The number of rotatable bonds is 4. The topological polar surface area (TPSA) is 47.1 Å². The fourth-order valence-corrected chi connectivity index (χ4v) is 4.04. The SMILES string of the molecule is Cn1cc(-c2noc(CCN3CCSCC3)n2)c2ccccc21. The van der Waals surface area contributed by atoms with E-state index < -0.39 is 0 Å². The zero-order valence-corrected chi connectivity index (χ0v) is 14.1. The molecule has 120 valence electrons. The van der Waals surface area contributed by atoms with Crippen molar-refractivity contribution in [3.05, 3.63) is 36.4 Å². The highest BCUT2D eigenvalue weighted by molar-refractivity contribution is 7.99. The standard InChI is InChI=1S/C17H20N4OS/c1-20-12-14(13-4-2-3-5-15(13)20)17-18-16(22-19-17)6-7-21-8-10-23-11-9-21/h2-5,12H,6-11H2,1H3. The van der Waals surface area contributed by atoms with E-state index in [0.29, 0.717) is 5.82 Å². The van der Waals surface area contributed by atoms with Crippen LogP contribution in [0.3, 0.4) is 0 Å². The third kappa shape index (κ3) is 3.01. The van der Waals surface area contributed by atoms with Gasteiger partial charge < -0.3 is 14.0 Å². The van der Waals surface area contributed by atoms with Gasteiger partial charge in [0.2, 0.25) is 11.7 Å². The van der Waals surface area contributed by atoms with Crippen molar-refractivity contribution >= 4 is 22.7 Å². The molecule has 0 radical (unpaired) electrons. The summed E-state index contributed by atoms with van der Waals surface area (Å²) in [6, 6.07) is 8.30. The van der Waals surface area contributed by atoms with Crippen LogP contribution in [0.1, 0.15) is 5.89 Å². The number of hydrogen-bond acceptors (Lipinski definition) is 5. The fraction of sp³-hybridized carbons (Fsp3) is 0.412. The van der Waals surface area contributed by atoms with E-state index in [2.05, 4.69) is 37.9 Å². The molecule has 2 aromatic heterocycles. The van der Waals surface area contributed by atoms with E-state index in [-0.39, 0.29) is 0 Å². The summed E-state index contributed by atoms with van der Waals surface area (Å²) in [6.45, 7) is 3.32. The summed E-state index contributed by atoms with van der Waals surface area (Å²) < 4.78 is 7.57. The Morgan fingerprint density at radius 2 is 2.04 bits per heavy atom. The molecule has 1 saturated heterocycles. The highest BCUT2D eigenvalue weighted by Gasteiger charge is 2.16. The first-order valence-electron chi connectivity index (χ1n) is 7.98. The second kappa shape index (κ2) is 6.37. The molecule has 0 aliphatic carbocycles. The lowest BCUT2D eigenvalue weighted by molar-refractivity contribution is 0.286. The molecular weight excluding hydrogens is 308 g/mol. The Kier molecular flexibility index (Phi) is 4.10. The van der Waals surface area contributed by atoms with E-state index in [9.17, 15) is 0 Å². The highest BCUT2D eigenvalue weighted by Crippen LogP contribution is 2.28. The van der Waals surface area contributed by atoms with Crippen molar-refractivity contribution in [1.29, 1.82) is 0 Å². The van der Waals surface area contributed by atoms with Gasteiger partial charge in [-0.15, -0.1) is 0 Å². The molecule has 1 aromatic carbocycles. The molecule has 0 atom stereocenters. The Hall–Kier alpha value is -1.79. The van der Waals surface area contributed by atoms with Crippen LogP contribution >= 0.6 is 11.8 Å². The molecule has 1 fully saturated rings. The maximum absolute atomic E-state index is 5.47. The predicted octanol–water partition coefficient (Wildman–Crippen LogP) is 2.82. The van der Waals surface area contributed by atoms with Crippen LogP contribution in [-0.2, 0) is 13.5 Å². The molecule has 1 aliphatic heterocycles. The quantitative estimate of drug-likeness (QED) is 0.737. The van der Waals surface area contributed by atoms with Crippen LogP contribution in [0.15, 0.2) is 35.0 Å². The minimum atomic E-state index is 0.686. The van der Waals surface area contributed by atoms with Gasteiger partial charge in [-0.3, -0.25) is 0 Å². The second-order valence-corrected chi connectivity index (χ2v) is 7.11. The molecular formula is C17H20N4OS. The smallest absolute Gasteiger partial charge is 0.228 e. The van der Waals surface area contributed by atoms with Gasteiger partial charge in [0.1, 0.15) is 0 Å². The molecule has 0 bridgehead atoms. The highest BCUT2D eigenvalue weighted by atomic mass is 32.2. The molecule has 0 unspecified atom stereocenters. The van der Waals surface area contributed by atoms with Crippen molar-refractivity contribution < 1.29 is 4.52 Å². The summed E-state index contributed by atoms with van der Waals surface area (Å²) in [5.41, 5.74) is 2.21. The Morgan fingerprint density at radius 1 is 1.22 bits per heavy atom. The predicted molar refractivity (Wildman–Crippen MR) is 93.7 cm³/mol. The first kappa shape index (κ1) is 14.8. The number of nitrogens with zero attached hydrogens (tertiary/aromatic N) is 4. The zero-order valence-electron chi connectivity index (χ0n) is 13.2. The third-order valence-electron chi connectivity index (χ3n) is 4.35. The number of aryl methyl sites for hydroxylation is 1. The maximum Gasteiger partial charge on any atom is 0.228 e. The molecule has 6 heteroatoms. The fourth-order valence-electron chi connectivity index (χ4n) is 3.06. The van der Waals surface area contributed by atoms with Crippen LogP contribution in [0.25, 0.3) is 22.3 Å². The Morgan fingerprint density at radius 3 is 2.91 bits per heavy atom.